The van der Waals surface area contributed by atoms with Crippen molar-refractivity contribution in [1.29, 1.82) is 0 Å². The van der Waals surface area contributed by atoms with E-state index in [1.807, 2.05) is 12.1 Å². The molecule has 0 saturated carbocycles. The molecule has 0 bridgehead atoms. The molecule has 1 aliphatic rings. The molecule has 17 heavy (non-hydrogen) atoms. The van der Waals surface area contributed by atoms with Gasteiger partial charge in [-0.05, 0) is 42.5 Å². The predicted molar refractivity (Wildman–Crippen MR) is 66.3 cm³/mol. The number of fused-ring (bicyclic) bond motifs is 1. The first kappa shape index (κ1) is 12.4. The van der Waals surface area contributed by atoms with Gasteiger partial charge in [-0.1, -0.05) is 6.07 Å². The summed E-state index contributed by atoms with van der Waals surface area (Å²) in [6.07, 6.45) is 3.58. The Morgan fingerprint density at radius 1 is 1.35 bits per heavy atom. The second-order valence-corrected chi connectivity index (χ2v) is 4.46. The summed E-state index contributed by atoms with van der Waals surface area (Å²) in [7, 11) is 1.69. The molecule has 1 unspecified atom stereocenters. The van der Waals surface area contributed by atoms with Crippen LogP contribution in [-0.2, 0) is 11.2 Å². The molecule has 0 amide bonds. The van der Waals surface area contributed by atoms with Gasteiger partial charge in [0.15, 0.2) is 0 Å². The number of methoxy groups -OCH3 is 1. The first-order valence-electron chi connectivity index (χ1n) is 6.24. The number of aliphatic hydroxyl groups excluding tert-OH is 1. The van der Waals surface area contributed by atoms with E-state index in [1.54, 1.807) is 7.11 Å². The Morgan fingerprint density at radius 3 is 3.06 bits per heavy atom. The number of ether oxygens (including phenoxy) is 2. The van der Waals surface area contributed by atoms with Crippen LogP contribution in [0.15, 0.2) is 18.2 Å². The smallest absolute Gasteiger partial charge is 0.119 e. The second kappa shape index (κ2) is 6.03. The lowest BCUT2D eigenvalue weighted by Crippen LogP contribution is -2.09. The van der Waals surface area contributed by atoms with Gasteiger partial charge in [0.1, 0.15) is 5.75 Å². The maximum absolute atomic E-state index is 9.84. The number of aryl methyl sites for hydroxylation is 1. The minimum atomic E-state index is -0.290. The molecule has 0 aliphatic heterocycles. The second-order valence-electron chi connectivity index (χ2n) is 4.46. The topological polar surface area (TPSA) is 38.7 Å². The van der Waals surface area contributed by atoms with Crippen LogP contribution >= 0.6 is 0 Å². The predicted octanol–water partition coefficient (Wildman–Crippen LogP) is 2.47. The van der Waals surface area contributed by atoms with E-state index in [0.29, 0.717) is 6.61 Å². The van der Waals surface area contributed by atoms with Crippen LogP contribution in [0.2, 0.25) is 0 Å². The van der Waals surface area contributed by atoms with Crippen molar-refractivity contribution in [2.24, 2.45) is 0 Å². The fourth-order valence-corrected chi connectivity index (χ4v) is 2.25. The first-order valence-corrected chi connectivity index (χ1v) is 6.24. The van der Waals surface area contributed by atoms with Gasteiger partial charge in [-0.3, -0.25) is 0 Å². The van der Waals surface area contributed by atoms with Crippen molar-refractivity contribution in [1.82, 2.24) is 0 Å². The molecule has 0 heterocycles. The summed E-state index contributed by atoms with van der Waals surface area (Å²) in [5, 5.41) is 9.84. The lowest BCUT2D eigenvalue weighted by molar-refractivity contribution is 0.156. The summed E-state index contributed by atoms with van der Waals surface area (Å²) in [5.74, 6) is 0.897. The van der Waals surface area contributed by atoms with Crippen molar-refractivity contribution in [3.63, 3.8) is 0 Å². The summed E-state index contributed by atoms with van der Waals surface area (Å²) in [4.78, 5) is 0. The fourth-order valence-electron chi connectivity index (χ4n) is 2.25. The van der Waals surface area contributed by atoms with Gasteiger partial charge in [0.05, 0.1) is 12.7 Å². The zero-order chi connectivity index (χ0) is 12.1. The zero-order valence-corrected chi connectivity index (χ0v) is 10.3. The third-order valence-corrected chi connectivity index (χ3v) is 3.16. The molecule has 94 valence electrons. The highest BCUT2D eigenvalue weighted by molar-refractivity contribution is 5.38. The Kier molecular flexibility index (Phi) is 4.40. The zero-order valence-electron chi connectivity index (χ0n) is 10.3. The normalized spacial score (nSPS) is 18.8. The van der Waals surface area contributed by atoms with Crippen molar-refractivity contribution >= 4 is 0 Å². The van der Waals surface area contributed by atoms with Crippen molar-refractivity contribution in [2.45, 2.75) is 31.8 Å². The van der Waals surface area contributed by atoms with E-state index < -0.39 is 0 Å². The van der Waals surface area contributed by atoms with Crippen molar-refractivity contribution in [3.8, 4) is 5.75 Å². The summed E-state index contributed by atoms with van der Waals surface area (Å²) in [6.45, 7) is 1.40. The molecular formula is C14H20O3. The largest absolute Gasteiger partial charge is 0.493 e. The van der Waals surface area contributed by atoms with Crippen molar-refractivity contribution in [2.75, 3.05) is 20.3 Å². The van der Waals surface area contributed by atoms with Crippen LogP contribution < -0.4 is 4.74 Å². The molecule has 3 heteroatoms. The molecule has 0 fully saturated rings. The highest BCUT2D eigenvalue weighted by atomic mass is 16.5. The third kappa shape index (κ3) is 3.20. The summed E-state index contributed by atoms with van der Waals surface area (Å²) in [6, 6.07) is 6.00. The average molecular weight is 236 g/mol. The van der Waals surface area contributed by atoms with Crippen LogP contribution in [-0.4, -0.2) is 25.4 Å². The Hall–Kier alpha value is -1.06. The molecule has 1 aliphatic carbocycles. The minimum absolute atomic E-state index is 0.290. The molecular weight excluding hydrogens is 216 g/mol. The van der Waals surface area contributed by atoms with Crippen LogP contribution in [0.5, 0.6) is 5.75 Å². The lowest BCUT2D eigenvalue weighted by Gasteiger charge is -2.21. The summed E-state index contributed by atoms with van der Waals surface area (Å²) in [5.41, 5.74) is 2.30. The maximum atomic E-state index is 9.84. The van der Waals surface area contributed by atoms with Gasteiger partial charge in [0, 0.05) is 20.1 Å². The molecule has 1 atom stereocenters. The van der Waals surface area contributed by atoms with Crippen molar-refractivity contribution < 1.29 is 14.6 Å². The molecule has 1 N–H and O–H groups in total. The molecule has 1 aromatic rings. The SMILES string of the molecule is COCCCOc1ccc2c(c1)CCCC2O. The van der Waals surface area contributed by atoms with E-state index in [9.17, 15) is 5.11 Å². The van der Waals surface area contributed by atoms with E-state index in [4.69, 9.17) is 9.47 Å². The fraction of sp³-hybridized carbons (Fsp3) is 0.571. The van der Waals surface area contributed by atoms with Crippen LogP contribution in [0.1, 0.15) is 36.5 Å². The maximum Gasteiger partial charge on any atom is 0.119 e. The van der Waals surface area contributed by atoms with Gasteiger partial charge in [-0.25, -0.2) is 0 Å². The van der Waals surface area contributed by atoms with Gasteiger partial charge < -0.3 is 14.6 Å². The number of hydrogen-bond donors (Lipinski definition) is 1. The summed E-state index contributed by atoms with van der Waals surface area (Å²) >= 11 is 0. The molecule has 0 saturated heterocycles. The average Bonchev–Trinajstić information content (AvgIpc) is 2.35. The molecule has 3 nitrogen and oxygen atoms in total. The highest BCUT2D eigenvalue weighted by Crippen LogP contribution is 2.31. The number of rotatable bonds is 5. The van der Waals surface area contributed by atoms with E-state index in [1.165, 1.54) is 5.56 Å². The molecule has 1 aromatic carbocycles. The van der Waals surface area contributed by atoms with E-state index in [0.717, 1.165) is 43.6 Å². The van der Waals surface area contributed by atoms with Gasteiger partial charge in [-0.2, -0.15) is 0 Å². The van der Waals surface area contributed by atoms with Gasteiger partial charge in [0.25, 0.3) is 0 Å². The standard InChI is InChI=1S/C14H20O3/c1-16-8-3-9-17-12-6-7-13-11(10-12)4-2-5-14(13)15/h6-7,10,14-15H,2-5,8-9H2,1H3. The number of hydrogen-bond acceptors (Lipinski definition) is 3. The van der Waals surface area contributed by atoms with Gasteiger partial charge in [-0.15, -0.1) is 0 Å². The van der Waals surface area contributed by atoms with E-state index >= 15 is 0 Å². The monoisotopic (exact) mass is 236 g/mol. The lowest BCUT2D eigenvalue weighted by atomic mass is 9.89. The molecule has 2 rings (SSSR count). The number of benzene rings is 1. The van der Waals surface area contributed by atoms with Crippen LogP contribution in [0.3, 0.4) is 0 Å². The van der Waals surface area contributed by atoms with Gasteiger partial charge in [0.2, 0.25) is 0 Å². The van der Waals surface area contributed by atoms with E-state index in [-0.39, 0.29) is 6.10 Å². The quantitative estimate of drug-likeness (QED) is 0.798. The molecule has 0 spiro atoms. The highest BCUT2D eigenvalue weighted by Gasteiger charge is 2.17. The minimum Gasteiger partial charge on any atom is -0.493 e. The first-order chi connectivity index (χ1) is 8.31. The van der Waals surface area contributed by atoms with Crippen LogP contribution in [0.4, 0.5) is 0 Å². The Balaban J connectivity index is 1.96. The molecule has 0 radical (unpaired) electrons. The van der Waals surface area contributed by atoms with Crippen LogP contribution in [0.25, 0.3) is 0 Å². The molecule has 0 aromatic heterocycles. The Morgan fingerprint density at radius 2 is 2.24 bits per heavy atom. The van der Waals surface area contributed by atoms with E-state index in [2.05, 4.69) is 6.07 Å². The van der Waals surface area contributed by atoms with Gasteiger partial charge >= 0.3 is 0 Å². The summed E-state index contributed by atoms with van der Waals surface area (Å²) < 4.78 is 10.6. The Bertz CT molecular complexity index is 362. The van der Waals surface area contributed by atoms with Crippen LogP contribution in [0, 0.1) is 0 Å². The Labute approximate surface area is 102 Å². The third-order valence-electron chi connectivity index (χ3n) is 3.16. The van der Waals surface area contributed by atoms with Crippen molar-refractivity contribution in [3.05, 3.63) is 29.3 Å². The number of aliphatic hydroxyl groups is 1.